The predicted octanol–water partition coefficient (Wildman–Crippen LogP) is 0.264. The van der Waals surface area contributed by atoms with Crippen molar-refractivity contribution in [2.24, 2.45) is 0 Å². The van der Waals surface area contributed by atoms with Crippen LogP contribution in [0.4, 0.5) is 4.39 Å². The first kappa shape index (κ1) is 12.4. The van der Waals surface area contributed by atoms with E-state index in [0.717, 1.165) is 4.47 Å². The van der Waals surface area contributed by atoms with E-state index in [4.69, 9.17) is 4.84 Å². The molecule has 0 bridgehead atoms. The van der Waals surface area contributed by atoms with Gasteiger partial charge in [0.05, 0.1) is 25.0 Å². The molecule has 94 valence electrons. The summed E-state index contributed by atoms with van der Waals surface area (Å²) in [6.07, 6.45) is -0.794. The fourth-order valence-electron chi connectivity index (χ4n) is 1.50. The van der Waals surface area contributed by atoms with Crippen molar-refractivity contribution in [3.63, 3.8) is 0 Å². The second kappa shape index (κ2) is 4.69. The number of aliphatic hydroxyl groups excluding tert-OH is 1. The van der Waals surface area contributed by atoms with Crippen molar-refractivity contribution < 1.29 is 22.8 Å². The lowest BCUT2D eigenvalue weighted by molar-refractivity contribution is -0.0318. The van der Waals surface area contributed by atoms with Crippen molar-refractivity contribution in [2.75, 3.05) is 13.2 Å². The summed E-state index contributed by atoms with van der Waals surface area (Å²) in [5, 5.41) is 9.18. The molecular formula is C10H12FNO4S. The molecule has 17 heavy (non-hydrogen) atoms. The topological polar surface area (TPSA) is 66.8 Å². The van der Waals surface area contributed by atoms with Gasteiger partial charge in [0, 0.05) is 0 Å². The molecule has 7 heteroatoms. The molecule has 0 unspecified atom stereocenters. The number of rotatable bonds is 3. The normalized spacial score (nSPS) is 21.9. The average molecular weight is 261 g/mol. The summed E-state index contributed by atoms with van der Waals surface area (Å²) >= 11 is 0. The van der Waals surface area contributed by atoms with Gasteiger partial charge < -0.3 is 5.11 Å². The molecule has 1 heterocycles. The van der Waals surface area contributed by atoms with E-state index >= 15 is 0 Å². The number of halogens is 1. The van der Waals surface area contributed by atoms with Gasteiger partial charge in [-0.05, 0) is 17.7 Å². The summed E-state index contributed by atoms with van der Waals surface area (Å²) in [6.45, 7) is -0.0911. The van der Waals surface area contributed by atoms with Gasteiger partial charge in [-0.1, -0.05) is 16.6 Å². The van der Waals surface area contributed by atoms with Gasteiger partial charge in [-0.15, -0.1) is 0 Å². The van der Waals surface area contributed by atoms with E-state index in [1.54, 1.807) is 0 Å². The van der Waals surface area contributed by atoms with Gasteiger partial charge in [0.2, 0.25) is 10.0 Å². The second-order valence-corrected chi connectivity index (χ2v) is 5.68. The van der Waals surface area contributed by atoms with Crippen LogP contribution >= 0.6 is 0 Å². The zero-order valence-corrected chi connectivity index (χ0v) is 9.73. The monoisotopic (exact) mass is 261 g/mol. The van der Waals surface area contributed by atoms with Crippen LogP contribution in [-0.4, -0.2) is 37.2 Å². The van der Waals surface area contributed by atoms with Crippen molar-refractivity contribution in [1.29, 1.82) is 0 Å². The highest BCUT2D eigenvalue weighted by Crippen LogP contribution is 2.16. The summed E-state index contributed by atoms with van der Waals surface area (Å²) in [5.74, 6) is -0.695. The number of hydrogen-bond acceptors (Lipinski definition) is 4. The minimum absolute atomic E-state index is 0.0252. The Morgan fingerprint density at radius 2 is 2.06 bits per heavy atom. The van der Waals surface area contributed by atoms with Crippen LogP contribution in [0.1, 0.15) is 5.56 Å². The summed E-state index contributed by atoms with van der Waals surface area (Å²) in [7, 11) is -3.63. The van der Waals surface area contributed by atoms with E-state index in [-0.39, 0.29) is 18.9 Å². The van der Waals surface area contributed by atoms with Crippen molar-refractivity contribution in [2.45, 2.75) is 11.9 Å². The molecule has 1 saturated heterocycles. The predicted molar refractivity (Wildman–Crippen MR) is 57.7 cm³/mol. The Morgan fingerprint density at radius 1 is 1.41 bits per heavy atom. The molecule has 0 radical (unpaired) electrons. The third-order valence-electron chi connectivity index (χ3n) is 2.34. The first-order valence-electron chi connectivity index (χ1n) is 5.03. The molecule has 1 aliphatic heterocycles. The third-order valence-corrected chi connectivity index (χ3v) is 3.92. The fourth-order valence-corrected chi connectivity index (χ4v) is 2.88. The Morgan fingerprint density at radius 3 is 2.59 bits per heavy atom. The first-order valence-corrected chi connectivity index (χ1v) is 6.64. The Bertz CT molecular complexity index is 488. The molecule has 1 aromatic carbocycles. The van der Waals surface area contributed by atoms with Crippen LogP contribution in [0.15, 0.2) is 24.3 Å². The van der Waals surface area contributed by atoms with Crippen molar-refractivity contribution in [3.05, 3.63) is 35.6 Å². The van der Waals surface area contributed by atoms with Crippen LogP contribution in [-0.2, 0) is 20.6 Å². The molecular weight excluding hydrogens is 249 g/mol. The fraction of sp³-hybridized carbons (Fsp3) is 0.400. The van der Waals surface area contributed by atoms with E-state index in [1.807, 2.05) is 0 Å². The van der Waals surface area contributed by atoms with Crippen molar-refractivity contribution in [1.82, 2.24) is 4.47 Å². The maximum absolute atomic E-state index is 12.7. The lowest BCUT2D eigenvalue weighted by Crippen LogP contribution is -2.29. The zero-order chi connectivity index (χ0) is 12.5. The Balaban J connectivity index is 2.09. The Hall–Kier alpha value is -1.02. The van der Waals surface area contributed by atoms with E-state index in [9.17, 15) is 17.9 Å². The highest BCUT2D eigenvalue weighted by Gasteiger charge is 2.31. The second-order valence-electron chi connectivity index (χ2n) is 3.82. The van der Waals surface area contributed by atoms with Crippen molar-refractivity contribution >= 4 is 10.0 Å². The van der Waals surface area contributed by atoms with Crippen molar-refractivity contribution in [3.8, 4) is 0 Å². The number of hydrogen-bond donors (Lipinski definition) is 1. The number of aliphatic hydroxyl groups is 1. The highest BCUT2D eigenvalue weighted by atomic mass is 32.2. The van der Waals surface area contributed by atoms with E-state index in [0.29, 0.717) is 5.56 Å². The highest BCUT2D eigenvalue weighted by molar-refractivity contribution is 7.88. The minimum Gasteiger partial charge on any atom is -0.389 e. The summed E-state index contributed by atoms with van der Waals surface area (Å²) in [5.41, 5.74) is 0.469. The SMILES string of the molecule is O=S(=O)(Cc1ccc(F)cc1)N1C[C@@H](O)CO1. The molecule has 1 fully saturated rings. The molecule has 0 spiro atoms. The molecule has 5 nitrogen and oxygen atoms in total. The van der Waals surface area contributed by atoms with Gasteiger partial charge >= 0.3 is 0 Å². The number of hydroxylamine groups is 1. The molecule has 1 N–H and O–H groups in total. The van der Waals surface area contributed by atoms with Gasteiger partial charge in [0.1, 0.15) is 5.82 Å². The maximum atomic E-state index is 12.7. The standard InChI is InChI=1S/C10H12FNO4S/c11-9-3-1-8(2-4-9)7-17(14,15)12-5-10(13)6-16-12/h1-4,10,13H,5-7H2/t10-/m1/s1. The molecule has 0 aliphatic carbocycles. The maximum Gasteiger partial charge on any atom is 0.240 e. The Labute approximate surface area is 98.4 Å². The lowest BCUT2D eigenvalue weighted by Gasteiger charge is -2.13. The van der Waals surface area contributed by atoms with Crippen LogP contribution < -0.4 is 0 Å². The van der Waals surface area contributed by atoms with Gasteiger partial charge in [-0.3, -0.25) is 4.84 Å². The quantitative estimate of drug-likeness (QED) is 0.847. The summed E-state index contributed by atoms with van der Waals surface area (Å²) in [4.78, 5) is 4.85. The lowest BCUT2D eigenvalue weighted by atomic mass is 10.2. The number of benzene rings is 1. The van der Waals surface area contributed by atoms with Gasteiger partial charge in [-0.2, -0.15) is 0 Å². The van der Waals surface area contributed by atoms with Gasteiger partial charge in [-0.25, -0.2) is 12.8 Å². The van der Waals surface area contributed by atoms with Crippen LogP contribution in [0.3, 0.4) is 0 Å². The molecule has 1 aromatic rings. The van der Waals surface area contributed by atoms with Gasteiger partial charge in [0.25, 0.3) is 0 Å². The smallest absolute Gasteiger partial charge is 0.240 e. The molecule has 1 atom stereocenters. The average Bonchev–Trinajstić information content (AvgIpc) is 2.69. The minimum atomic E-state index is -3.63. The van der Waals surface area contributed by atoms with Crippen LogP contribution in [0.2, 0.25) is 0 Å². The van der Waals surface area contributed by atoms with E-state index in [2.05, 4.69) is 0 Å². The first-order chi connectivity index (χ1) is 7.97. The molecule has 0 amide bonds. The van der Waals surface area contributed by atoms with E-state index < -0.39 is 21.9 Å². The molecule has 2 rings (SSSR count). The van der Waals surface area contributed by atoms with Gasteiger partial charge in [0.15, 0.2) is 0 Å². The number of sulfonamides is 1. The zero-order valence-electron chi connectivity index (χ0n) is 8.91. The Kier molecular flexibility index (Phi) is 3.43. The van der Waals surface area contributed by atoms with E-state index in [1.165, 1.54) is 24.3 Å². The van der Waals surface area contributed by atoms with Crippen LogP contribution in [0.5, 0.6) is 0 Å². The largest absolute Gasteiger partial charge is 0.389 e. The molecule has 0 saturated carbocycles. The van der Waals surface area contributed by atoms with Crippen LogP contribution in [0.25, 0.3) is 0 Å². The number of nitrogens with zero attached hydrogens (tertiary/aromatic N) is 1. The summed E-state index contributed by atoms with van der Waals surface area (Å²) in [6, 6.07) is 5.20. The third kappa shape index (κ3) is 3.01. The molecule has 1 aliphatic rings. The van der Waals surface area contributed by atoms with Crippen LogP contribution in [0, 0.1) is 5.82 Å². The molecule has 0 aromatic heterocycles. The number of β-amino-alcohol motifs (C(OH)–C–C–N with tert-alkyl or cyclic N) is 1. The summed E-state index contributed by atoms with van der Waals surface area (Å²) < 4.78 is 37.1.